The number of esters is 1. The molecule has 0 heterocycles. The number of amides is 1. The fourth-order valence-electron chi connectivity index (χ4n) is 1.89. The van der Waals surface area contributed by atoms with E-state index in [4.69, 9.17) is 10.00 Å². The highest BCUT2D eigenvalue weighted by atomic mass is 16.5. The minimum Gasteiger partial charge on any atom is -0.480 e. The molecule has 2 N–H and O–H groups in total. The third-order valence-corrected chi connectivity index (χ3v) is 3.16. The normalized spacial score (nSPS) is 12.6. The summed E-state index contributed by atoms with van der Waals surface area (Å²) in [6.45, 7) is 3.41. The Kier molecular flexibility index (Phi) is 6.74. The summed E-state index contributed by atoms with van der Waals surface area (Å²) in [7, 11) is 0. The molecule has 1 aromatic rings. The third kappa shape index (κ3) is 5.43. The van der Waals surface area contributed by atoms with E-state index < -0.39 is 29.8 Å². The Hall–Kier alpha value is -2.88. The summed E-state index contributed by atoms with van der Waals surface area (Å²) in [5.41, 5.74) is 0.631. The van der Waals surface area contributed by atoms with E-state index in [9.17, 15) is 19.5 Å². The van der Waals surface area contributed by atoms with Gasteiger partial charge in [-0.2, -0.15) is 5.26 Å². The van der Waals surface area contributed by atoms with Crippen molar-refractivity contribution in [3.8, 4) is 6.07 Å². The van der Waals surface area contributed by atoms with Gasteiger partial charge >= 0.3 is 11.9 Å². The average Bonchev–Trinajstić information content (AvgIpc) is 2.54. The van der Waals surface area contributed by atoms with Crippen molar-refractivity contribution < 1.29 is 24.2 Å². The van der Waals surface area contributed by atoms with Gasteiger partial charge in [0.25, 0.3) is 5.91 Å². The van der Waals surface area contributed by atoms with Crippen molar-refractivity contribution in [1.82, 2.24) is 5.32 Å². The zero-order valence-corrected chi connectivity index (χ0v) is 12.9. The minimum atomic E-state index is -1.23. The lowest BCUT2D eigenvalue weighted by molar-refractivity contribution is -0.148. The number of carbonyl (C=O) groups excluding carboxylic acids is 2. The Morgan fingerprint density at radius 2 is 1.91 bits per heavy atom. The number of rotatable bonds is 7. The second-order valence-electron chi connectivity index (χ2n) is 4.94. The highest BCUT2D eigenvalue weighted by Gasteiger charge is 2.26. The average molecular weight is 318 g/mol. The number of carboxylic acid groups (broad SMARTS) is 1. The van der Waals surface area contributed by atoms with Crippen LogP contribution in [0.25, 0.3) is 0 Å². The van der Waals surface area contributed by atoms with Crippen molar-refractivity contribution in [1.29, 1.82) is 5.26 Å². The summed E-state index contributed by atoms with van der Waals surface area (Å²) in [5, 5.41) is 20.3. The van der Waals surface area contributed by atoms with E-state index in [2.05, 4.69) is 5.32 Å². The van der Waals surface area contributed by atoms with E-state index >= 15 is 0 Å². The molecule has 1 aromatic carbocycles. The first-order valence-corrected chi connectivity index (χ1v) is 7.09. The molecule has 0 saturated carbocycles. The Bertz CT molecular complexity index is 618. The zero-order valence-electron chi connectivity index (χ0n) is 12.9. The number of benzene rings is 1. The molecule has 7 nitrogen and oxygen atoms in total. The quantitative estimate of drug-likeness (QED) is 0.733. The van der Waals surface area contributed by atoms with Crippen molar-refractivity contribution in [2.75, 3.05) is 6.61 Å². The van der Waals surface area contributed by atoms with Crippen LogP contribution in [0.15, 0.2) is 24.3 Å². The van der Waals surface area contributed by atoms with Crippen molar-refractivity contribution in [2.45, 2.75) is 26.3 Å². The maximum Gasteiger partial charge on any atom is 0.326 e. The fourth-order valence-corrected chi connectivity index (χ4v) is 1.89. The van der Waals surface area contributed by atoms with Crippen LogP contribution in [-0.4, -0.2) is 35.6 Å². The lowest BCUT2D eigenvalue weighted by Crippen LogP contribution is -2.42. The van der Waals surface area contributed by atoms with Crippen molar-refractivity contribution in [3.05, 3.63) is 35.4 Å². The zero-order chi connectivity index (χ0) is 17.4. The topological polar surface area (TPSA) is 116 Å². The Morgan fingerprint density at radius 3 is 2.39 bits per heavy atom. The Balaban J connectivity index is 2.75. The molecule has 0 aromatic heterocycles. The second kappa shape index (κ2) is 8.54. The SMILES string of the molecule is CCOC(=O)[C@@H](C)C[C@@H](NC(=O)c1ccc(C#N)cc1)C(=O)O. The summed E-state index contributed by atoms with van der Waals surface area (Å²) in [6.07, 6.45) is -0.0732. The molecule has 1 amide bonds. The van der Waals surface area contributed by atoms with Gasteiger partial charge in [0.15, 0.2) is 0 Å². The van der Waals surface area contributed by atoms with Crippen LogP contribution in [0.1, 0.15) is 36.2 Å². The van der Waals surface area contributed by atoms with E-state index in [1.165, 1.54) is 24.3 Å². The van der Waals surface area contributed by atoms with Crippen molar-refractivity contribution in [3.63, 3.8) is 0 Å². The van der Waals surface area contributed by atoms with Gasteiger partial charge in [0, 0.05) is 5.56 Å². The van der Waals surface area contributed by atoms with Crippen LogP contribution in [0.3, 0.4) is 0 Å². The number of nitrogens with zero attached hydrogens (tertiary/aromatic N) is 1. The lowest BCUT2D eigenvalue weighted by Gasteiger charge is -2.18. The summed E-state index contributed by atoms with van der Waals surface area (Å²) in [6, 6.07) is 6.51. The molecule has 0 bridgehead atoms. The number of ether oxygens (including phenoxy) is 1. The molecule has 0 spiro atoms. The highest BCUT2D eigenvalue weighted by Crippen LogP contribution is 2.10. The summed E-state index contributed by atoms with van der Waals surface area (Å²) < 4.78 is 4.82. The molecule has 23 heavy (non-hydrogen) atoms. The number of carboxylic acids is 1. The third-order valence-electron chi connectivity index (χ3n) is 3.16. The monoisotopic (exact) mass is 318 g/mol. The van der Waals surface area contributed by atoms with E-state index in [0.717, 1.165) is 0 Å². The first-order chi connectivity index (χ1) is 10.9. The first-order valence-electron chi connectivity index (χ1n) is 7.09. The number of carbonyl (C=O) groups is 3. The summed E-state index contributed by atoms with van der Waals surface area (Å²) in [4.78, 5) is 34.9. The molecule has 7 heteroatoms. The van der Waals surface area contributed by atoms with Gasteiger partial charge in [-0.1, -0.05) is 6.92 Å². The van der Waals surface area contributed by atoms with Crippen LogP contribution in [0.2, 0.25) is 0 Å². The molecule has 0 saturated heterocycles. The molecule has 0 radical (unpaired) electrons. The first kappa shape index (κ1) is 18.2. The molecule has 0 aliphatic rings. The Morgan fingerprint density at radius 1 is 1.30 bits per heavy atom. The summed E-state index contributed by atoms with van der Waals surface area (Å²) >= 11 is 0. The minimum absolute atomic E-state index is 0.0732. The van der Waals surface area contributed by atoms with Gasteiger partial charge in [-0.3, -0.25) is 9.59 Å². The number of aliphatic carboxylic acids is 1. The fraction of sp³-hybridized carbons (Fsp3) is 0.375. The van der Waals surface area contributed by atoms with Gasteiger partial charge in [0.1, 0.15) is 6.04 Å². The lowest BCUT2D eigenvalue weighted by atomic mass is 10.0. The van der Waals surface area contributed by atoms with Crippen LogP contribution in [0, 0.1) is 17.2 Å². The van der Waals surface area contributed by atoms with Crippen LogP contribution >= 0.6 is 0 Å². The van der Waals surface area contributed by atoms with Crippen molar-refractivity contribution in [2.24, 2.45) is 5.92 Å². The van der Waals surface area contributed by atoms with Gasteiger partial charge in [0.2, 0.25) is 0 Å². The molecular formula is C16H18N2O5. The predicted octanol–water partition coefficient (Wildman–Crippen LogP) is 1.33. The van der Waals surface area contributed by atoms with Crippen LogP contribution in [0.5, 0.6) is 0 Å². The van der Waals surface area contributed by atoms with Crippen LogP contribution in [0.4, 0.5) is 0 Å². The van der Waals surface area contributed by atoms with Gasteiger partial charge in [-0.05, 0) is 37.6 Å². The highest BCUT2D eigenvalue weighted by molar-refractivity contribution is 5.96. The molecule has 122 valence electrons. The maximum atomic E-state index is 12.1. The second-order valence-corrected chi connectivity index (χ2v) is 4.94. The molecule has 1 rings (SSSR count). The molecule has 2 atom stereocenters. The molecular weight excluding hydrogens is 300 g/mol. The summed E-state index contributed by atoms with van der Waals surface area (Å²) in [5.74, 6) is -2.98. The van der Waals surface area contributed by atoms with Crippen LogP contribution < -0.4 is 5.32 Å². The van der Waals surface area contributed by atoms with E-state index in [1.807, 2.05) is 6.07 Å². The molecule has 0 unspecified atom stereocenters. The Labute approximate surface area is 133 Å². The van der Waals surface area contributed by atoms with E-state index in [-0.39, 0.29) is 18.6 Å². The van der Waals surface area contributed by atoms with Gasteiger partial charge in [0.05, 0.1) is 24.2 Å². The molecule has 0 aliphatic carbocycles. The number of hydrogen-bond donors (Lipinski definition) is 2. The van der Waals surface area contributed by atoms with Gasteiger partial charge in [-0.15, -0.1) is 0 Å². The van der Waals surface area contributed by atoms with Crippen molar-refractivity contribution >= 4 is 17.8 Å². The van der Waals surface area contributed by atoms with Gasteiger partial charge in [-0.25, -0.2) is 4.79 Å². The molecule has 0 aliphatic heterocycles. The van der Waals surface area contributed by atoms with E-state index in [0.29, 0.717) is 5.56 Å². The predicted molar refractivity (Wildman–Crippen MR) is 80.5 cm³/mol. The largest absolute Gasteiger partial charge is 0.480 e. The number of nitrogens with one attached hydrogen (secondary N) is 1. The van der Waals surface area contributed by atoms with Gasteiger partial charge < -0.3 is 15.2 Å². The molecule has 0 fully saturated rings. The number of nitriles is 1. The standard InChI is InChI=1S/C16H18N2O5/c1-3-23-16(22)10(2)8-13(15(20)21)18-14(19)12-6-4-11(9-17)5-7-12/h4-7,10,13H,3,8H2,1-2H3,(H,18,19)(H,20,21)/t10-,13+/m0/s1. The van der Waals surface area contributed by atoms with Crippen LogP contribution in [-0.2, 0) is 14.3 Å². The maximum absolute atomic E-state index is 12.1. The number of hydrogen-bond acceptors (Lipinski definition) is 5. The smallest absolute Gasteiger partial charge is 0.326 e. The van der Waals surface area contributed by atoms with E-state index in [1.54, 1.807) is 13.8 Å².